The summed E-state index contributed by atoms with van der Waals surface area (Å²) in [4.78, 5) is 11.4. The maximum Gasteiger partial charge on any atom is 0.0965 e. The molecule has 0 spiro atoms. The third-order valence-corrected chi connectivity index (χ3v) is 4.39. The number of H-pyrrole nitrogens is 2. The number of nitrogen functional groups attached to an aromatic ring is 1. The van der Waals surface area contributed by atoms with E-state index >= 15 is 0 Å². The zero-order valence-electron chi connectivity index (χ0n) is 11.4. The van der Waals surface area contributed by atoms with Gasteiger partial charge in [0.1, 0.15) is 0 Å². The van der Waals surface area contributed by atoms with E-state index in [9.17, 15) is 0 Å². The van der Waals surface area contributed by atoms with Crippen LogP contribution in [0.15, 0.2) is 42.6 Å². The van der Waals surface area contributed by atoms with Crippen LogP contribution in [0.1, 0.15) is 0 Å². The van der Waals surface area contributed by atoms with Gasteiger partial charge in [-0.15, -0.1) is 0 Å². The van der Waals surface area contributed by atoms with Crippen molar-refractivity contribution in [2.24, 2.45) is 0 Å². The van der Waals surface area contributed by atoms with Crippen molar-refractivity contribution in [1.82, 2.24) is 15.0 Å². The van der Waals surface area contributed by atoms with Crippen LogP contribution in [-0.2, 0) is 0 Å². The maximum atomic E-state index is 6.10. The normalized spacial score (nSPS) is 12.0. The predicted molar refractivity (Wildman–Crippen MR) is 92.4 cm³/mol. The number of hydrogen-bond acceptors (Lipinski definition) is 2. The fourth-order valence-corrected chi connectivity index (χ4v) is 3.37. The van der Waals surface area contributed by atoms with Gasteiger partial charge in [-0.25, -0.2) is 0 Å². The van der Waals surface area contributed by atoms with Crippen molar-refractivity contribution < 1.29 is 0 Å². The lowest BCUT2D eigenvalue weighted by molar-refractivity contribution is 1.42. The Kier molecular flexibility index (Phi) is 2.12. The molecule has 0 atom stereocenters. The highest BCUT2D eigenvalue weighted by atomic mass is 35.5. The number of aromatic amines is 2. The van der Waals surface area contributed by atoms with Gasteiger partial charge in [0.2, 0.25) is 0 Å². The van der Waals surface area contributed by atoms with Crippen LogP contribution < -0.4 is 5.73 Å². The quantitative estimate of drug-likeness (QED) is 0.366. The number of halogens is 1. The Morgan fingerprint density at radius 2 is 1.82 bits per heavy atom. The highest BCUT2D eigenvalue weighted by Gasteiger charge is 2.13. The lowest BCUT2D eigenvalue weighted by Crippen LogP contribution is -1.82. The average molecular weight is 307 g/mol. The Balaban J connectivity index is 2.08. The molecule has 0 aliphatic carbocycles. The third kappa shape index (κ3) is 1.45. The Morgan fingerprint density at radius 1 is 0.909 bits per heavy atom. The minimum Gasteiger partial charge on any atom is -0.399 e. The summed E-state index contributed by atoms with van der Waals surface area (Å²) in [6.07, 6.45) is 1.87. The SMILES string of the molecule is Nc1ccc2[nH]c3cnc4c5ccc(Cl)cc5[nH]c4c3c2c1. The van der Waals surface area contributed by atoms with E-state index in [1.165, 1.54) is 0 Å². The summed E-state index contributed by atoms with van der Waals surface area (Å²) < 4.78 is 0. The molecule has 106 valence electrons. The fourth-order valence-electron chi connectivity index (χ4n) is 3.20. The zero-order chi connectivity index (χ0) is 14.8. The van der Waals surface area contributed by atoms with E-state index in [0.29, 0.717) is 5.02 Å². The molecule has 0 bridgehead atoms. The molecule has 0 fully saturated rings. The summed E-state index contributed by atoms with van der Waals surface area (Å²) in [5, 5.41) is 3.98. The van der Waals surface area contributed by atoms with Gasteiger partial charge >= 0.3 is 0 Å². The number of hydrogen-bond donors (Lipinski definition) is 3. The number of anilines is 1. The summed E-state index contributed by atoms with van der Waals surface area (Å²) in [5.41, 5.74) is 11.7. The van der Waals surface area contributed by atoms with E-state index < -0.39 is 0 Å². The molecular formula is C17H11ClN4. The second kappa shape index (κ2) is 3.93. The van der Waals surface area contributed by atoms with Gasteiger partial charge in [0, 0.05) is 37.9 Å². The highest BCUT2D eigenvalue weighted by molar-refractivity contribution is 6.32. The van der Waals surface area contributed by atoms with Crippen LogP contribution in [0, 0.1) is 0 Å². The van der Waals surface area contributed by atoms with Gasteiger partial charge in [-0.1, -0.05) is 11.6 Å². The van der Waals surface area contributed by atoms with Crippen molar-refractivity contribution in [1.29, 1.82) is 0 Å². The lowest BCUT2D eigenvalue weighted by Gasteiger charge is -1.95. The van der Waals surface area contributed by atoms with E-state index in [2.05, 4.69) is 15.0 Å². The minimum atomic E-state index is 0.707. The molecule has 3 aromatic heterocycles. The third-order valence-electron chi connectivity index (χ3n) is 4.16. The lowest BCUT2D eigenvalue weighted by atomic mass is 10.1. The Labute approximate surface area is 129 Å². The van der Waals surface area contributed by atoms with Crippen molar-refractivity contribution in [3.05, 3.63) is 47.6 Å². The van der Waals surface area contributed by atoms with E-state index in [1.54, 1.807) is 0 Å². The topological polar surface area (TPSA) is 70.5 Å². The molecule has 0 aliphatic rings. The van der Waals surface area contributed by atoms with Crippen molar-refractivity contribution >= 4 is 61.0 Å². The molecule has 0 aliphatic heterocycles. The first kappa shape index (κ1) is 11.9. The number of benzene rings is 2. The number of nitrogens with one attached hydrogen (secondary N) is 2. The molecular weight excluding hydrogens is 296 g/mol. The molecule has 3 heterocycles. The first-order chi connectivity index (χ1) is 10.7. The fraction of sp³-hybridized carbons (Fsp3) is 0. The number of aromatic nitrogens is 3. The summed E-state index contributed by atoms with van der Waals surface area (Å²) in [7, 11) is 0. The van der Waals surface area contributed by atoms with E-state index in [1.807, 2.05) is 42.6 Å². The molecule has 4 N–H and O–H groups in total. The van der Waals surface area contributed by atoms with Gasteiger partial charge in [-0.05, 0) is 36.4 Å². The van der Waals surface area contributed by atoms with Crippen molar-refractivity contribution in [2.75, 3.05) is 5.73 Å². The number of fused-ring (bicyclic) bond motifs is 7. The van der Waals surface area contributed by atoms with Gasteiger partial charge in [-0.3, -0.25) is 4.98 Å². The second-order valence-electron chi connectivity index (χ2n) is 5.52. The first-order valence-corrected chi connectivity index (χ1v) is 7.35. The summed E-state index contributed by atoms with van der Waals surface area (Å²) in [6.45, 7) is 0. The molecule has 5 rings (SSSR count). The van der Waals surface area contributed by atoms with Crippen molar-refractivity contribution in [3.8, 4) is 0 Å². The highest BCUT2D eigenvalue weighted by Crippen LogP contribution is 2.35. The molecule has 5 heteroatoms. The van der Waals surface area contributed by atoms with Crippen LogP contribution in [0.3, 0.4) is 0 Å². The van der Waals surface area contributed by atoms with Gasteiger partial charge < -0.3 is 15.7 Å². The monoisotopic (exact) mass is 306 g/mol. The van der Waals surface area contributed by atoms with Crippen molar-refractivity contribution in [3.63, 3.8) is 0 Å². The predicted octanol–water partition coefficient (Wildman–Crippen LogP) is 4.59. The Morgan fingerprint density at radius 3 is 2.73 bits per heavy atom. The minimum absolute atomic E-state index is 0.707. The van der Waals surface area contributed by atoms with Gasteiger partial charge in [-0.2, -0.15) is 0 Å². The van der Waals surface area contributed by atoms with Gasteiger partial charge in [0.25, 0.3) is 0 Å². The molecule has 2 aromatic carbocycles. The molecule has 0 unspecified atom stereocenters. The number of nitrogens with two attached hydrogens (primary N) is 1. The average Bonchev–Trinajstić information content (AvgIpc) is 3.03. The molecule has 0 saturated carbocycles. The first-order valence-electron chi connectivity index (χ1n) is 6.97. The Bertz CT molecular complexity index is 1200. The molecule has 4 nitrogen and oxygen atoms in total. The van der Waals surface area contributed by atoms with Crippen LogP contribution >= 0.6 is 11.6 Å². The van der Waals surface area contributed by atoms with Crippen molar-refractivity contribution in [2.45, 2.75) is 0 Å². The van der Waals surface area contributed by atoms with Crippen LogP contribution in [0.5, 0.6) is 0 Å². The van der Waals surface area contributed by atoms with Crippen LogP contribution in [0.25, 0.3) is 43.7 Å². The van der Waals surface area contributed by atoms with Crippen LogP contribution in [0.2, 0.25) is 5.02 Å². The number of pyridine rings is 1. The van der Waals surface area contributed by atoms with Crippen LogP contribution in [0.4, 0.5) is 5.69 Å². The smallest absolute Gasteiger partial charge is 0.0965 e. The molecule has 0 amide bonds. The van der Waals surface area contributed by atoms with Gasteiger partial charge in [0.05, 0.1) is 22.7 Å². The van der Waals surface area contributed by atoms with E-state index in [4.69, 9.17) is 17.3 Å². The number of nitrogens with zero attached hydrogens (tertiary/aromatic N) is 1. The van der Waals surface area contributed by atoms with Crippen LogP contribution in [-0.4, -0.2) is 15.0 Å². The summed E-state index contributed by atoms with van der Waals surface area (Å²) >= 11 is 6.10. The largest absolute Gasteiger partial charge is 0.399 e. The molecule has 0 radical (unpaired) electrons. The molecule has 0 saturated heterocycles. The summed E-state index contributed by atoms with van der Waals surface area (Å²) in [5.74, 6) is 0. The van der Waals surface area contributed by atoms with Gasteiger partial charge in [0.15, 0.2) is 0 Å². The standard InChI is InChI=1S/C17H11ClN4/c18-8-1-3-10-13(5-8)22-17-15-11-6-9(19)2-4-12(11)21-14(15)7-20-16(10)17/h1-7,21-22H,19H2. The van der Waals surface area contributed by atoms with E-state index in [0.717, 1.165) is 49.4 Å². The second-order valence-corrected chi connectivity index (χ2v) is 5.95. The maximum absolute atomic E-state index is 6.10. The molecule has 5 aromatic rings. The zero-order valence-corrected chi connectivity index (χ0v) is 12.2. The molecule has 22 heavy (non-hydrogen) atoms. The van der Waals surface area contributed by atoms with E-state index in [-0.39, 0.29) is 0 Å². The Hall–Kier alpha value is -2.72. The summed E-state index contributed by atoms with van der Waals surface area (Å²) in [6, 6.07) is 11.7. The number of rotatable bonds is 0.